The number of ether oxygens (including phenoxy) is 1. The largest absolute Gasteiger partial charge is 0.496 e. The van der Waals surface area contributed by atoms with E-state index in [1.807, 2.05) is 18.2 Å². The molecule has 2 amide bonds. The van der Waals surface area contributed by atoms with Crippen LogP contribution in [0.4, 0.5) is 4.39 Å². The molecule has 0 aliphatic heterocycles. The summed E-state index contributed by atoms with van der Waals surface area (Å²) < 4.78 is 18.9. The van der Waals surface area contributed by atoms with E-state index in [1.54, 1.807) is 13.2 Å². The topological polar surface area (TPSA) is 58.6 Å². The van der Waals surface area contributed by atoms with Crippen molar-refractivity contribution in [3.8, 4) is 5.75 Å². The number of rotatable bonds is 8. The van der Waals surface area contributed by atoms with Crippen molar-refractivity contribution in [2.24, 2.45) is 0 Å². The van der Waals surface area contributed by atoms with Gasteiger partial charge in [-0.25, -0.2) is 4.39 Å². The Hall–Kier alpha value is -2.60. The summed E-state index contributed by atoms with van der Waals surface area (Å²) in [6.45, 7) is 0.135. The minimum atomic E-state index is -0.928. The fourth-order valence-electron chi connectivity index (χ4n) is 3.89. The molecule has 1 atom stereocenters. The Morgan fingerprint density at radius 3 is 2.47 bits per heavy atom. The van der Waals surface area contributed by atoms with Gasteiger partial charge in [0.1, 0.15) is 23.5 Å². The van der Waals surface area contributed by atoms with Crippen LogP contribution in [-0.4, -0.2) is 35.7 Å². The Labute approximate surface area is 181 Å². The fourth-order valence-corrected chi connectivity index (χ4v) is 4.04. The number of carbonyl (C=O) groups excluding carboxylic acids is 2. The number of hydrogen-bond donors (Lipinski definition) is 1. The van der Waals surface area contributed by atoms with Gasteiger partial charge in [-0.2, -0.15) is 0 Å². The smallest absolute Gasteiger partial charge is 0.247 e. The molecule has 1 saturated carbocycles. The molecule has 3 rings (SSSR count). The Bertz CT molecular complexity index is 869. The van der Waals surface area contributed by atoms with Gasteiger partial charge in [-0.3, -0.25) is 9.59 Å². The average molecular weight is 433 g/mol. The molecule has 2 aromatic carbocycles. The van der Waals surface area contributed by atoms with Gasteiger partial charge in [0, 0.05) is 11.6 Å². The summed E-state index contributed by atoms with van der Waals surface area (Å²) in [5, 5.41) is 3.06. The lowest BCUT2D eigenvalue weighted by Crippen LogP contribution is -2.46. The number of alkyl halides is 1. The molecule has 1 aliphatic carbocycles. The number of benzene rings is 2. The van der Waals surface area contributed by atoms with Crippen molar-refractivity contribution in [3.05, 3.63) is 65.5 Å². The van der Waals surface area contributed by atoms with Crippen LogP contribution >= 0.6 is 11.6 Å². The molecule has 1 fully saturated rings. The van der Waals surface area contributed by atoms with Crippen LogP contribution in [0.1, 0.15) is 42.9 Å². The van der Waals surface area contributed by atoms with Crippen LogP contribution in [0.5, 0.6) is 5.75 Å². The second-order valence-corrected chi connectivity index (χ2v) is 7.68. The third-order valence-corrected chi connectivity index (χ3v) is 5.64. The van der Waals surface area contributed by atoms with Crippen molar-refractivity contribution in [2.75, 3.05) is 13.0 Å². The van der Waals surface area contributed by atoms with Gasteiger partial charge in [-0.05, 0) is 36.6 Å². The van der Waals surface area contributed by atoms with E-state index in [2.05, 4.69) is 5.32 Å². The van der Waals surface area contributed by atoms with Gasteiger partial charge in [-0.15, -0.1) is 11.6 Å². The maximum Gasteiger partial charge on any atom is 0.247 e. The monoisotopic (exact) mass is 432 g/mol. The zero-order valence-corrected chi connectivity index (χ0v) is 17.7. The summed E-state index contributed by atoms with van der Waals surface area (Å²) in [5.41, 5.74) is 1.28. The highest BCUT2D eigenvalue weighted by molar-refractivity contribution is 6.27. The molecular weight excluding hydrogens is 407 g/mol. The first-order chi connectivity index (χ1) is 14.5. The van der Waals surface area contributed by atoms with E-state index in [4.69, 9.17) is 16.3 Å². The molecular formula is C23H26ClFN2O3. The number of amides is 2. The number of carbonyl (C=O) groups is 2. The summed E-state index contributed by atoms with van der Waals surface area (Å²) in [7, 11) is 1.55. The van der Waals surface area contributed by atoms with Crippen molar-refractivity contribution in [2.45, 2.75) is 44.3 Å². The van der Waals surface area contributed by atoms with Crippen LogP contribution in [0.3, 0.4) is 0 Å². The van der Waals surface area contributed by atoms with E-state index >= 15 is 0 Å². The molecule has 0 spiro atoms. The van der Waals surface area contributed by atoms with Crippen LogP contribution in [0.2, 0.25) is 0 Å². The van der Waals surface area contributed by atoms with E-state index < -0.39 is 17.8 Å². The summed E-state index contributed by atoms with van der Waals surface area (Å²) in [6, 6.07) is 12.1. The standard InChI is InChI=1S/C23H26ClFN2O3/c1-30-20-9-5-2-6-17(20)15-27(21(28)14-24)22(16-10-12-18(25)13-11-16)23(29)26-19-7-3-4-8-19/h2,5-6,9-13,19,22H,3-4,7-8,14-15H2,1H3,(H,26,29)/t22-/m0/s1. The van der Waals surface area contributed by atoms with Crippen molar-refractivity contribution < 1.29 is 18.7 Å². The average Bonchev–Trinajstić information content (AvgIpc) is 3.27. The van der Waals surface area contributed by atoms with Gasteiger partial charge in [-0.1, -0.05) is 43.2 Å². The van der Waals surface area contributed by atoms with Crippen LogP contribution in [0.25, 0.3) is 0 Å². The van der Waals surface area contributed by atoms with Gasteiger partial charge in [0.25, 0.3) is 0 Å². The number of nitrogens with one attached hydrogen (secondary N) is 1. The van der Waals surface area contributed by atoms with Gasteiger partial charge in [0.2, 0.25) is 11.8 Å². The molecule has 0 aromatic heterocycles. The fraction of sp³-hybridized carbons (Fsp3) is 0.391. The summed E-state index contributed by atoms with van der Waals surface area (Å²) in [5.74, 6) is -0.753. The van der Waals surface area contributed by atoms with E-state index in [9.17, 15) is 14.0 Å². The van der Waals surface area contributed by atoms with E-state index in [1.165, 1.54) is 29.2 Å². The minimum absolute atomic E-state index is 0.0830. The molecule has 1 N–H and O–H groups in total. The lowest BCUT2D eigenvalue weighted by atomic mass is 10.0. The molecule has 0 saturated heterocycles. The van der Waals surface area contributed by atoms with Gasteiger partial charge in [0.05, 0.1) is 13.7 Å². The first kappa shape index (κ1) is 22.1. The van der Waals surface area contributed by atoms with Crippen LogP contribution in [0, 0.1) is 5.82 Å². The maximum atomic E-state index is 13.5. The van der Waals surface area contributed by atoms with Crippen LogP contribution in [0.15, 0.2) is 48.5 Å². The molecule has 0 heterocycles. The molecule has 5 nitrogen and oxygen atoms in total. The zero-order valence-electron chi connectivity index (χ0n) is 16.9. The van der Waals surface area contributed by atoms with Gasteiger partial charge in [0.15, 0.2) is 0 Å². The van der Waals surface area contributed by atoms with Crippen LogP contribution < -0.4 is 10.1 Å². The lowest BCUT2D eigenvalue weighted by Gasteiger charge is -2.32. The third kappa shape index (κ3) is 5.30. The highest BCUT2D eigenvalue weighted by Crippen LogP contribution is 2.28. The summed E-state index contributed by atoms with van der Waals surface area (Å²) in [4.78, 5) is 27.6. The molecule has 2 aromatic rings. The molecule has 0 bridgehead atoms. The number of hydrogen-bond acceptors (Lipinski definition) is 3. The minimum Gasteiger partial charge on any atom is -0.496 e. The molecule has 30 heavy (non-hydrogen) atoms. The Kier molecular flexibility index (Phi) is 7.69. The predicted molar refractivity (Wildman–Crippen MR) is 114 cm³/mol. The number of nitrogens with zero attached hydrogens (tertiary/aromatic N) is 1. The van der Waals surface area contributed by atoms with Crippen molar-refractivity contribution in [3.63, 3.8) is 0 Å². The first-order valence-electron chi connectivity index (χ1n) is 10.1. The number of halogens is 2. The Morgan fingerprint density at radius 1 is 1.17 bits per heavy atom. The highest BCUT2D eigenvalue weighted by Gasteiger charge is 2.33. The molecule has 160 valence electrons. The van der Waals surface area contributed by atoms with E-state index in [0.717, 1.165) is 31.2 Å². The SMILES string of the molecule is COc1ccccc1CN(C(=O)CCl)[C@H](C(=O)NC1CCCC1)c1ccc(F)cc1. The lowest BCUT2D eigenvalue weighted by molar-refractivity contribution is -0.140. The van der Waals surface area contributed by atoms with E-state index in [-0.39, 0.29) is 24.4 Å². The molecule has 7 heteroatoms. The number of methoxy groups -OCH3 is 1. The maximum absolute atomic E-state index is 13.5. The Morgan fingerprint density at radius 2 is 1.83 bits per heavy atom. The highest BCUT2D eigenvalue weighted by atomic mass is 35.5. The number of para-hydroxylation sites is 1. The van der Waals surface area contributed by atoms with E-state index in [0.29, 0.717) is 11.3 Å². The van der Waals surface area contributed by atoms with Crippen molar-refractivity contribution in [1.29, 1.82) is 0 Å². The summed E-state index contributed by atoms with van der Waals surface area (Å²) in [6.07, 6.45) is 3.96. The van der Waals surface area contributed by atoms with Crippen LogP contribution in [-0.2, 0) is 16.1 Å². The quantitative estimate of drug-likeness (QED) is 0.636. The van der Waals surface area contributed by atoms with Crippen molar-refractivity contribution >= 4 is 23.4 Å². The predicted octanol–water partition coefficient (Wildman–Crippen LogP) is 4.20. The Balaban J connectivity index is 1.97. The summed E-state index contributed by atoms with van der Waals surface area (Å²) >= 11 is 5.90. The molecule has 1 aliphatic rings. The molecule has 0 radical (unpaired) electrons. The second-order valence-electron chi connectivity index (χ2n) is 7.41. The first-order valence-corrected chi connectivity index (χ1v) is 10.6. The van der Waals surface area contributed by atoms with Gasteiger partial charge >= 0.3 is 0 Å². The van der Waals surface area contributed by atoms with Gasteiger partial charge < -0.3 is 15.0 Å². The third-order valence-electron chi connectivity index (χ3n) is 5.42. The normalized spacial score (nSPS) is 14.9. The molecule has 0 unspecified atom stereocenters. The van der Waals surface area contributed by atoms with Crippen molar-refractivity contribution in [1.82, 2.24) is 10.2 Å². The zero-order chi connectivity index (χ0) is 21.5. The second kappa shape index (κ2) is 10.4.